The zero-order valence-corrected chi connectivity index (χ0v) is 24.0. The molecular weight excluding hydrogens is 604 g/mol. The minimum atomic E-state index is -1.88. The molecule has 0 spiro atoms. The molecule has 3 aliphatic rings. The van der Waals surface area contributed by atoms with Gasteiger partial charge in [0.2, 0.25) is 12.1 Å². The van der Waals surface area contributed by atoms with Gasteiger partial charge in [-0.05, 0) is 12.1 Å². The molecule has 0 unspecified atom stereocenters. The van der Waals surface area contributed by atoms with E-state index < -0.39 is 92.8 Å². The molecule has 1 aliphatic carbocycles. The van der Waals surface area contributed by atoms with Crippen molar-refractivity contribution in [2.24, 2.45) is 0 Å². The SMILES string of the molecule is COc1cccc2c1C(=O)c1c(cc(O[C@@H]3O[C@H](CO[C@@H]4O[C@H](CO)[C@@H](O)[C@H](O)[C@H]4O)[C@@H](O)[C@H](O)[C@H]3O)c(CO)c1OC)C2=O. The van der Waals surface area contributed by atoms with Crippen molar-refractivity contribution in [2.45, 2.75) is 68.0 Å². The summed E-state index contributed by atoms with van der Waals surface area (Å²) in [6, 6.07) is 5.67. The molecule has 10 atom stereocenters. The molecule has 0 aromatic heterocycles. The second-order valence-electron chi connectivity index (χ2n) is 10.7. The third kappa shape index (κ3) is 5.68. The molecule has 0 saturated carbocycles. The van der Waals surface area contributed by atoms with Crippen molar-refractivity contribution in [2.75, 3.05) is 27.4 Å². The lowest BCUT2D eigenvalue weighted by atomic mass is 9.82. The molecule has 246 valence electrons. The fourth-order valence-electron chi connectivity index (χ4n) is 5.63. The number of aliphatic hydroxyl groups is 8. The van der Waals surface area contributed by atoms with Gasteiger partial charge in [0.1, 0.15) is 66.1 Å². The minimum absolute atomic E-state index is 0.0127. The number of fused-ring (bicyclic) bond motifs is 2. The van der Waals surface area contributed by atoms with E-state index >= 15 is 0 Å². The lowest BCUT2D eigenvalue weighted by molar-refractivity contribution is -0.323. The highest BCUT2D eigenvalue weighted by atomic mass is 16.7. The van der Waals surface area contributed by atoms with E-state index in [1.165, 1.54) is 38.5 Å². The van der Waals surface area contributed by atoms with E-state index in [2.05, 4.69) is 0 Å². The Morgan fingerprint density at radius 2 is 1.36 bits per heavy atom. The summed E-state index contributed by atoms with van der Waals surface area (Å²) < 4.78 is 32.9. The van der Waals surface area contributed by atoms with Crippen LogP contribution >= 0.6 is 0 Å². The molecular formula is C29H34O16. The molecule has 5 rings (SSSR count). The Balaban J connectivity index is 1.43. The molecule has 16 nitrogen and oxygen atoms in total. The minimum Gasteiger partial charge on any atom is -0.496 e. The lowest BCUT2D eigenvalue weighted by Gasteiger charge is -2.42. The third-order valence-electron chi connectivity index (χ3n) is 8.08. The Bertz CT molecular complexity index is 1430. The monoisotopic (exact) mass is 638 g/mol. The van der Waals surface area contributed by atoms with Crippen LogP contribution in [0.2, 0.25) is 0 Å². The van der Waals surface area contributed by atoms with E-state index in [4.69, 9.17) is 28.4 Å². The van der Waals surface area contributed by atoms with Crippen molar-refractivity contribution in [3.63, 3.8) is 0 Å². The topological polar surface area (TPSA) is 251 Å². The predicted molar refractivity (Wildman–Crippen MR) is 146 cm³/mol. The number of hydrogen-bond donors (Lipinski definition) is 8. The molecule has 8 N–H and O–H groups in total. The summed E-state index contributed by atoms with van der Waals surface area (Å²) in [6.45, 7) is -2.08. The highest BCUT2D eigenvalue weighted by molar-refractivity contribution is 6.30. The van der Waals surface area contributed by atoms with Crippen LogP contribution in [0.4, 0.5) is 0 Å². The maximum Gasteiger partial charge on any atom is 0.229 e. The second-order valence-corrected chi connectivity index (χ2v) is 10.7. The van der Waals surface area contributed by atoms with E-state index in [1.807, 2.05) is 0 Å². The molecule has 0 radical (unpaired) electrons. The summed E-state index contributed by atoms with van der Waals surface area (Å²) in [4.78, 5) is 27.2. The van der Waals surface area contributed by atoms with E-state index in [0.717, 1.165) is 0 Å². The molecule has 2 aliphatic heterocycles. The molecule has 2 heterocycles. The summed E-state index contributed by atoms with van der Waals surface area (Å²) in [6.07, 6.45) is -16.7. The largest absolute Gasteiger partial charge is 0.496 e. The average molecular weight is 639 g/mol. The van der Waals surface area contributed by atoms with Gasteiger partial charge in [-0.1, -0.05) is 12.1 Å². The van der Waals surface area contributed by atoms with E-state index in [0.29, 0.717) is 0 Å². The van der Waals surface area contributed by atoms with Gasteiger partial charge >= 0.3 is 0 Å². The van der Waals surface area contributed by atoms with Crippen LogP contribution in [0.15, 0.2) is 24.3 Å². The van der Waals surface area contributed by atoms with Crippen molar-refractivity contribution in [3.8, 4) is 17.2 Å². The summed E-state index contributed by atoms with van der Waals surface area (Å²) in [5, 5.41) is 81.7. The van der Waals surface area contributed by atoms with Gasteiger partial charge in [0, 0.05) is 11.1 Å². The quantitative estimate of drug-likeness (QED) is 0.116. The Hall–Kier alpha value is -3.26. The lowest BCUT2D eigenvalue weighted by Crippen LogP contribution is -2.62. The van der Waals surface area contributed by atoms with E-state index in [1.54, 1.807) is 0 Å². The van der Waals surface area contributed by atoms with E-state index in [-0.39, 0.29) is 45.1 Å². The van der Waals surface area contributed by atoms with Crippen LogP contribution in [0.3, 0.4) is 0 Å². The van der Waals surface area contributed by atoms with Crippen LogP contribution < -0.4 is 14.2 Å². The molecule has 2 saturated heterocycles. The average Bonchev–Trinajstić information content (AvgIpc) is 3.05. The molecule has 16 heteroatoms. The molecule has 2 aromatic carbocycles. The first kappa shape index (κ1) is 33.1. The molecule has 2 aromatic rings. The number of ether oxygens (including phenoxy) is 6. The molecule has 0 amide bonds. The predicted octanol–water partition coefficient (Wildman–Crippen LogP) is -3.03. The Kier molecular flexibility index (Phi) is 9.73. The number of aliphatic hydroxyl groups excluding tert-OH is 8. The summed E-state index contributed by atoms with van der Waals surface area (Å²) >= 11 is 0. The Labute approximate surface area is 255 Å². The number of carbonyl (C=O) groups excluding carboxylic acids is 2. The first-order valence-electron chi connectivity index (χ1n) is 13.9. The van der Waals surface area contributed by atoms with Gasteiger partial charge in [-0.2, -0.15) is 0 Å². The van der Waals surface area contributed by atoms with Crippen LogP contribution in [0.25, 0.3) is 0 Å². The zero-order chi connectivity index (χ0) is 32.7. The first-order valence-corrected chi connectivity index (χ1v) is 13.9. The normalized spacial score (nSPS) is 32.9. The molecule has 45 heavy (non-hydrogen) atoms. The fourth-order valence-corrected chi connectivity index (χ4v) is 5.63. The van der Waals surface area contributed by atoms with Gasteiger partial charge in [0.05, 0.1) is 50.7 Å². The standard InChI is InChI=1S/C29H34O16/c1-40-13-5-3-4-10-17(13)22(35)18-11(19(10)32)6-14(12(7-30)27(18)41-2)43-29-26(39)24(37)21(34)16(45-29)9-42-28-25(38)23(36)20(33)15(8-31)44-28/h3-6,15-16,20-21,23-26,28-31,33-34,36-39H,7-9H2,1-2H3/t15-,16-,20-,21-,23+,24+,25-,26-,28-,29-/m1/s1. The number of rotatable bonds is 9. The maximum atomic E-state index is 13.6. The van der Waals surface area contributed by atoms with Gasteiger partial charge in [-0.25, -0.2) is 0 Å². The van der Waals surface area contributed by atoms with Crippen LogP contribution in [-0.2, 0) is 20.8 Å². The number of benzene rings is 2. The van der Waals surface area contributed by atoms with Crippen molar-refractivity contribution >= 4 is 11.6 Å². The third-order valence-corrected chi connectivity index (χ3v) is 8.08. The Morgan fingerprint density at radius 3 is 1.98 bits per heavy atom. The van der Waals surface area contributed by atoms with Crippen molar-refractivity contribution in [3.05, 3.63) is 52.1 Å². The van der Waals surface area contributed by atoms with Crippen molar-refractivity contribution in [1.29, 1.82) is 0 Å². The Morgan fingerprint density at radius 1 is 0.711 bits per heavy atom. The van der Waals surface area contributed by atoms with Gasteiger partial charge < -0.3 is 69.3 Å². The van der Waals surface area contributed by atoms with Crippen LogP contribution in [0.1, 0.15) is 37.4 Å². The van der Waals surface area contributed by atoms with Crippen molar-refractivity contribution < 1.29 is 78.9 Å². The van der Waals surface area contributed by atoms with Crippen LogP contribution in [0.5, 0.6) is 17.2 Å². The molecule has 2 fully saturated rings. The second kappa shape index (κ2) is 13.2. The summed E-state index contributed by atoms with van der Waals surface area (Å²) in [7, 11) is 2.56. The first-order chi connectivity index (χ1) is 21.5. The maximum absolute atomic E-state index is 13.6. The number of hydrogen-bond acceptors (Lipinski definition) is 16. The summed E-state index contributed by atoms with van der Waals surface area (Å²) in [5.41, 5.74) is -0.324. The smallest absolute Gasteiger partial charge is 0.229 e. The van der Waals surface area contributed by atoms with Gasteiger partial charge in [0.15, 0.2) is 12.1 Å². The fraction of sp³-hybridized carbons (Fsp3) is 0.517. The number of ketones is 2. The molecule has 0 bridgehead atoms. The van der Waals surface area contributed by atoms with E-state index in [9.17, 15) is 50.4 Å². The van der Waals surface area contributed by atoms with Gasteiger partial charge in [-0.15, -0.1) is 0 Å². The summed E-state index contributed by atoms with van der Waals surface area (Å²) in [5.74, 6) is -1.46. The van der Waals surface area contributed by atoms with Crippen molar-refractivity contribution in [1.82, 2.24) is 0 Å². The zero-order valence-electron chi connectivity index (χ0n) is 24.0. The number of methoxy groups -OCH3 is 2. The highest BCUT2D eigenvalue weighted by Gasteiger charge is 2.48. The van der Waals surface area contributed by atoms with Gasteiger partial charge in [0.25, 0.3) is 0 Å². The van der Waals surface area contributed by atoms with Gasteiger partial charge in [-0.3, -0.25) is 9.59 Å². The van der Waals surface area contributed by atoms with Crippen LogP contribution in [-0.4, -0.2) is 141 Å². The number of carbonyl (C=O) groups is 2. The highest BCUT2D eigenvalue weighted by Crippen LogP contribution is 2.43. The van der Waals surface area contributed by atoms with Crippen LogP contribution in [0, 0.1) is 0 Å².